The molecule has 0 spiro atoms. The number of rotatable bonds is 7. The van der Waals surface area contributed by atoms with Crippen LogP contribution in [0.5, 0.6) is 5.75 Å². The Balaban J connectivity index is 1.44. The van der Waals surface area contributed by atoms with Gasteiger partial charge in [0.1, 0.15) is 12.4 Å². The van der Waals surface area contributed by atoms with Gasteiger partial charge in [0.05, 0.1) is 25.3 Å². The van der Waals surface area contributed by atoms with E-state index < -0.39 is 23.1 Å². The number of benzene rings is 2. The van der Waals surface area contributed by atoms with Gasteiger partial charge in [0.15, 0.2) is 0 Å². The lowest BCUT2D eigenvalue weighted by Crippen LogP contribution is -2.44. The zero-order valence-corrected chi connectivity index (χ0v) is 19.4. The number of nitrogens with one attached hydrogen (secondary N) is 2. The molecule has 4 rings (SSSR count). The van der Waals surface area contributed by atoms with Crippen LogP contribution in [0, 0.1) is 0 Å². The van der Waals surface area contributed by atoms with Crippen LogP contribution in [-0.2, 0) is 35.8 Å². The molecule has 182 valence electrons. The molecule has 11 heteroatoms. The van der Waals surface area contributed by atoms with Crippen molar-refractivity contribution in [1.29, 1.82) is 0 Å². The number of aliphatic hydroxyl groups is 1. The number of halogens is 1. The second kappa shape index (κ2) is 10.6. The first kappa shape index (κ1) is 24.2. The van der Waals surface area contributed by atoms with Gasteiger partial charge in [0.2, 0.25) is 0 Å². The van der Waals surface area contributed by atoms with Crippen LogP contribution >= 0.6 is 11.6 Å². The number of aliphatic hydroxyl groups excluding tert-OH is 1. The molecule has 35 heavy (non-hydrogen) atoms. The highest BCUT2D eigenvalue weighted by molar-refractivity contribution is 6.34. The topological polar surface area (TPSA) is 136 Å². The van der Waals surface area contributed by atoms with E-state index >= 15 is 0 Å². The molecular weight excluding hydrogens is 476 g/mol. The van der Waals surface area contributed by atoms with Crippen LogP contribution in [0.1, 0.15) is 22.4 Å². The average molecular weight is 499 g/mol. The van der Waals surface area contributed by atoms with Gasteiger partial charge >= 0.3 is 17.5 Å². The standard InChI is InChI=1S/C24H23ClN4O6/c25-19-7-2-1-5-16(19)14-35-17-6-3-4-15(10-17)11-28(8-9-30)22(32)23(33)29-12-18-20(13-29)26-24(34)27-21(18)31/h1-7,10,30H,8-9,11-14H2,(H2,26,27,31,34). The summed E-state index contributed by atoms with van der Waals surface area (Å²) in [5, 5.41) is 10.1. The van der Waals surface area contributed by atoms with Crippen LogP contribution in [0.2, 0.25) is 5.02 Å². The third kappa shape index (κ3) is 5.61. The fraction of sp³-hybridized carbons (Fsp3) is 0.250. The van der Waals surface area contributed by atoms with E-state index in [-0.39, 0.29) is 45.0 Å². The fourth-order valence-corrected chi connectivity index (χ4v) is 4.01. The first-order chi connectivity index (χ1) is 16.9. The number of fused-ring (bicyclic) bond motifs is 1. The quantitative estimate of drug-likeness (QED) is 0.418. The molecule has 1 aromatic heterocycles. The molecule has 2 heterocycles. The van der Waals surface area contributed by atoms with Crippen molar-refractivity contribution in [3.8, 4) is 5.75 Å². The highest BCUT2D eigenvalue weighted by Crippen LogP contribution is 2.21. The molecule has 2 amide bonds. The van der Waals surface area contributed by atoms with E-state index in [9.17, 15) is 24.3 Å². The Morgan fingerprint density at radius 2 is 1.89 bits per heavy atom. The van der Waals surface area contributed by atoms with Crippen LogP contribution in [0.25, 0.3) is 0 Å². The lowest BCUT2D eigenvalue weighted by Gasteiger charge is -2.24. The fourth-order valence-electron chi connectivity index (χ4n) is 3.82. The van der Waals surface area contributed by atoms with E-state index in [1.807, 2.05) is 18.2 Å². The number of amides is 2. The Hall–Kier alpha value is -3.89. The van der Waals surface area contributed by atoms with E-state index in [1.54, 1.807) is 30.3 Å². The average Bonchev–Trinajstić information content (AvgIpc) is 3.27. The zero-order chi connectivity index (χ0) is 24.9. The summed E-state index contributed by atoms with van der Waals surface area (Å²) in [5.41, 5.74) is 0.802. The maximum absolute atomic E-state index is 13.0. The summed E-state index contributed by atoms with van der Waals surface area (Å²) in [5.74, 6) is -1.10. The van der Waals surface area contributed by atoms with Crippen LogP contribution in [0.3, 0.4) is 0 Å². The number of aromatic amines is 2. The highest BCUT2D eigenvalue weighted by Gasteiger charge is 2.33. The maximum atomic E-state index is 13.0. The second-order valence-corrected chi connectivity index (χ2v) is 8.41. The monoisotopic (exact) mass is 498 g/mol. The molecular formula is C24H23ClN4O6. The summed E-state index contributed by atoms with van der Waals surface area (Å²) in [7, 11) is 0. The number of aromatic nitrogens is 2. The normalized spacial score (nSPS) is 12.3. The molecule has 0 saturated heterocycles. The summed E-state index contributed by atoms with van der Waals surface area (Å²) < 4.78 is 5.83. The van der Waals surface area contributed by atoms with Gasteiger partial charge in [0, 0.05) is 29.4 Å². The Labute approximate surface area is 204 Å². The third-order valence-corrected chi connectivity index (χ3v) is 5.95. The van der Waals surface area contributed by atoms with Crippen molar-refractivity contribution in [3.05, 3.63) is 96.8 Å². The minimum atomic E-state index is -0.832. The molecule has 3 N–H and O–H groups in total. The largest absolute Gasteiger partial charge is 0.489 e. The number of carbonyl (C=O) groups excluding carboxylic acids is 2. The molecule has 0 bridgehead atoms. The molecule has 2 aromatic carbocycles. The van der Waals surface area contributed by atoms with Gasteiger partial charge in [-0.05, 0) is 23.8 Å². The number of nitrogens with zero attached hydrogens (tertiary/aromatic N) is 2. The van der Waals surface area contributed by atoms with E-state index in [0.29, 0.717) is 22.0 Å². The Kier molecular flexibility index (Phi) is 7.33. The predicted molar refractivity (Wildman–Crippen MR) is 127 cm³/mol. The Morgan fingerprint density at radius 3 is 2.66 bits per heavy atom. The van der Waals surface area contributed by atoms with Gasteiger partial charge in [-0.3, -0.25) is 19.4 Å². The third-order valence-electron chi connectivity index (χ3n) is 5.58. The van der Waals surface area contributed by atoms with Crippen LogP contribution in [-0.4, -0.2) is 49.8 Å². The maximum Gasteiger partial charge on any atom is 0.325 e. The van der Waals surface area contributed by atoms with Crippen LogP contribution in [0.15, 0.2) is 58.1 Å². The molecule has 1 aliphatic heterocycles. The number of hydrogen-bond donors (Lipinski definition) is 3. The van der Waals surface area contributed by atoms with Gasteiger partial charge < -0.3 is 24.6 Å². The Bertz CT molecular complexity index is 1370. The van der Waals surface area contributed by atoms with E-state index in [1.165, 1.54) is 9.80 Å². The van der Waals surface area contributed by atoms with Crippen molar-refractivity contribution in [3.63, 3.8) is 0 Å². The number of ether oxygens (including phenoxy) is 1. The number of carbonyl (C=O) groups is 2. The highest BCUT2D eigenvalue weighted by atomic mass is 35.5. The van der Waals surface area contributed by atoms with Gasteiger partial charge in [-0.15, -0.1) is 0 Å². The number of H-pyrrole nitrogens is 2. The molecule has 1 aliphatic rings. The summed E-state index contributed by atoms with van der Waals surface area (Å²) in [4.78, 5) is 56.4. The second-order valence-electron chi connectivity index (χ2n) is 8.00. The van der Waals surface area contributed by atoms with Crippen molar-refractivity contribution in [2.45, 2.75) is 26.2 Å². The van der Waals surface area contributed by atoms with Gasteiger partial charge in [-0.25, -0.2) is 4.79 Å². The lowest BCUT2D eigenvalue weighted by atomic mass is 10.2. The van der Waals surface area contributed by atoms with Gasteiger partial charge in [0.25, 0.3) is 5.56 Å². The minimum Gasteiger partial charge on any atom is -0.489 e. The SMILES string of the molecule is O=C(C(=O)N1Cc2[nH]c(=O)[nH]c(=O)c2C1)N(CCO)Cc1cccc(OCc2ccccc2Cl)c1. The van der Waals surface area contributed by atoms with Crippen molar-refractivity contribution in [1.82, 2.24) is 19.8 Å². The molecule has 0 saturated carbocycles. The van der Waals surface area contributed by atoms with E-state index in [4.69, 9.17) is 16.3 Å². The lowest BCUT2D eigenvalue weighted by molar-refractivity contribution is -0.152. The minimum absolute atomic E-state index is 0.0581. The van der Waals surface area contributed by atoms with Crippen LogP contribution < -0.4 is 16.0 Å². The summed E-state index contributed by atoms with van der Waals surface area (Å²) in [6, 6.07) is 14.4. The summed E-state index contributed by atoms with van der Waals surface area (Å²) in [6.07, 6.45) is 0. The van der Waals surface area contributed by atoms with Crippen molar-refractivity contribution >= 4 is 23.4 Å². The smallest absolute Gasteiger partial charge is 0.325 e. The van der Waals surface area contributed by atoms with Crippen molar-refractivity contribution in [2.24, 2.45) is 0 Å². The summed E-state index contributed by atoms with van der Waals surface area (Å²) >= 11 is 6.17. The molecule has 0 radical (unpaired) electrons. The first-order valence-electron chi connectivity index (χ1n) is 10.8. The molecule has 0 atom stereocenters. The summed E-state index contributed by atoms with van der Waals surface area (Å²) in [6.45, 7) is -0.228. The molecule has 10 nitrogen and oxygen atoms in total. The zero-order valence-electron chi connectivity index (χ0n) is 18.6. The molecule has 0 unspecified atom stereocenters. The molecule has 0 fully saturated rings. The van der Waals surface area contributed by atoms with Crippen LogP contribution in [0.4, 0.5) is 0 Å². The Morgan fingerprint density at radius 1 is 1.09 bits per heavy atom. The van der Waals surface area contributed by atoms with Crippen molar-refractivity contribution < 1.29 is 19.4 Å². The molecule has 0 aliphatic carbocycles. The van der Waals surface area contributed by atoms with E-state index in [0.717, 1.165) is 5.56 Å². The van der Waals surface area contributed by atoms with Crippen molar-refractivity contribution in [2.75, 3.05) is 13.2 Å². The van der Waals surface area contributed by atoms with Gasteiger partial charge in [-0.2, -0.15) is 0 Å². The first-order valence-corrected chi connectivity index (χ1v) is 11.2. The predicted octanol–water partition coefficient (Wildman–Crippen LogP) is 1.16. The molecule has 3 aromatic rings. The number of hydrogen-bond acceptors (Lipinski definition) is 6. The van der Waals surface area contributed by atoms with Gasteiger partial charge in [-0.1, -0.05) is 41.9 Å². The van der Waals surface area contributed by atoms with E-state index in [2.05, 4.69) is 9.97 Å².